The topological polar surface area (TPSA) is 86.9 Å². The molecule has 2 N–H and O–H groups in total. The lowest BCUT2D eigenvalue weighted by Gasteiger charge is -2.31. The Kier molecular flexibility index (Phi) is 8.10. The molecule has 0 fully saturated rings. The van der Waals surface area contributed by atoms with Crippen molar-refractivity contribution in [3.63, 3.8) is 0 Å². The van der Waals surface area contributed by atoms with Gasteiger partial charge < -0.3 is 20.4 Å². The highest BCUT2D eigenvalue weighted by Gasteiger charge is 2.37. The molecule has 39 heavy (non-hydrogen) atoms. The Hall–Kier alpha value is -3.94. The minimum atomic E-state index is -0.674. The summed E-state index contributed by atoms with van der Waals surface area (Å²) in [7, 11) is 0. The maximum absolute atomic E-state index is 14.2. The molecule has 0 saturated heterocycles. The van der Waals surface area contributed by atoms with Gasteiger partial charge in [0.05, 0.1) is 6.54 Å². The number of nitrogens with zero attached hydrogens (tertiary/aromatic N) is 3. The SMILES string of the molecule is NCCCC1C(=O)N(Cc2ccc(C(=O)N3C=CCC3)cc2)c2ccccc2CN1C(=O)c1ccc(Cl)cc1. The van der Waals surface area contributed by atoms with E-state index >= 15 is 0 Å². The van der Waals surface area contributed by atoms with Crippen molar-refractivity contribution >= 4 is 35.0 Å². The van der Waals surface area contributed by atoms with E-state index < -0.39 is 6.04 Å². The first-order chi connectivity index (χ1) is 19.0. The predicted octanol–water partition coefficient (Wildman–Crippen LogP) is 5.00. The van der Waals surface area contributed by atoms with Crippen LogP contribution in [0.15, 0.2) is 85.1 Å². The van der Waals surface area contributed by atoms with E-state index in [0.29, 0.717) is 55.2 Å². The van der Waals surface area contributed by atoms with Gasteiger partial charge in [0.1, 0.15) is 6.04 Å². The van der Waals surface area contributed by atoms with Crippen molar-refractivity contribution in [2.75, 3.05) is 18.0 Å². The third kappa shape index (κ3) is 5.75. The third-order valence-electron chi connectivity index (χ3n) is 7.21. The molecule has 0 aromatic heterocycles. The van der Waals surface area contributed by atoms with Crippen molar-refractivity contribution in [2.45, 2.75) is 38.4 Å². The average molecular weight is 543 g/mol. The summed E-state index contributed by atoms with van der Waals surface area (Å²) in [5.41, 5.74) is 9.46. The van der Waals surface area contributed by atoms with Gasteiger partial charge in [0.2, 0.25) is 5.91 Å². The Morgan fingerprint density at radius 3 is 2.31 bits per heavy atom. The summed E-state index contributed by atoms with van der Waals surface area (Å²) in [6.07, 6.45) is 5.73. The highest BCUT2D eigenvalue weighted by Crippen LogP contribution is 2.32. The van der Waals surface area contributed by atoms with Crippen LogP contribution < -0.4 is 10.6 Å². The number of hydrogen-bond acceptors (Lipinski definition) is 4. The molecule has 3 aromatic rings. The van der Waals surface area contributed by atoms with Gasteiger partial charge in [-0.1, -0.05) is 48.0 Å². The minimum absolute atomic E-state index is 0.0373. The minimum Gasteiger partial charge on any atom is -0.330 e. The van der Waals surface area contributed by atoms with Crippen LogP contribution in [-0.2, 0) is 17.9 Å². The van der Waals surface area contributed by atoms with E-state index in [1.807, 2.05) is 48.7 Å². The second-order valence-corrected chi connectivity index (χ2v) is 10.2. The zero-order valence-electron chi connectivity index (χ0n) is 21.6. The first-order valence-electron chi connectivity index (χ1n) is 13.2. The van der Waals surface area contributed by atoms with Gasteiger partial charge >= 0.3 is 0 Å². The van der Waals surface area contributed by atoms with Gasteiger partial charge in [-0.15, -0.1) is 0 Å². The van der Waals surface area contributed by atoms with Crippen LogP contribution in [0.1, 0.15) is 51.1 Å². The zero-order valence-corrected chi connectivity index (χ0v) is 22.4. The number of fused-ring (bicyclic) bond motifs is 1. The Balaban J connectivity index is 1.46. The fourth-order valence-electron chi connectivity index (χ4n) is 5.12. The molecule has 3 amide bonds. The molecule has 7 nitrogen and oxygen atoms in total. The number of hydrogen-bond donors (Lipinski definition) is 1. The van der Waals surface area contributed by atoms with Gasteiger partial charge in [-0.25, -0.2) is 0 Å². The van der Waals surface area contributed by atoms with Gasteiger partial charge in [0, 0.05) is 41.1 Å². The first kappa shape index (κ1) is 26.7. The number of rotatable bonds is 7. The fourth-order valence-corrected chi connectivity index (χ4v) is 5.25. The highest BCUT2D eigenvalue weighted by atomic mass is 35.5. The van der Waals surface area contributed by atoms with Crippen LogP contribution >= 0.6 is 11.6 Å². The maximum Gasteiger partial charge on any atom is 0.257 e. The van der Waals surface area contributed by atoms with Crippen LogP contribution in [0.4, 0.5) is 5.69 Å². The molecule has 0 bridgehead atoms. The third-order valence-corrected chi connectivity index (χ3v) is 7.46. The number of halogens is 1. The fraction of sp³-hybridized carbons (Fsp3) is 0.258. The van der Waals surface area contributed by atoms with Crippen molar-refractivity contribution in [3.8, 4) is 0 Å². The molecule has 200 valence electrons. The number of nitrogens with two attached hydrogens (primary N) is 1. The molecule has 1 unspecified atom stereocenters. The Morgan fingerprint density at radius 2 is 1.62 bits per heavy atom. The van der Waals surface area contributed by atoms with Crippen LogP contribution in [0, 0.1) is 0 Å². The van der Waals surface area contributed by atoms with Gasteiger partial charge in [-0.2, -0.15) is 0 Å². The van der Waals surface area contributed by atoms with Crippen molar-refractivity contribution in [1.29, 1.82) is 0 Å². The number of amides is 3. The molecular weight excluding hydrogens is 512 g/mol. The lowest BCUT2D eigenvalue weighted by molar-refractivity contribution is -0.123. The van der Waals surface area contributed by atoms with Crippen LogP contribution in [0.5, 0.6) is 0 Å². The first-order valence-corrected chi connectivity index (χ1v) is 13.6. The second-order valence-electron chi connectivity index (χ2n) is 9.81. The summed E-state index contributed by atoms with van der Waals surface area (Å²) in [5, 5.41) is 0.541. The van der Waals surface area contributed by atoms with Crippen LogP contribution in [0.3, 0.4) is 0 Å². The smallest absolute Gasteiger partial charge is 0.257 e. The van der Waals surface area contributed by atoms with E-state index in [-0.39, 0.29) is 17.7 Å². The summed E-state index contributed by atoms with van der Waals surface area (Å²) in [4.78, 5) is 45.7. The molecule has 0 saturated carbocycles. The number of carbonyl (C=O) groups excluding carboxylic acids is 3. The number of para-hydroxylation sites is 1. The molecule has 3 aromatic carbocycles. The Labute approximate surface area is 233 Å². The largest absolute Gasteiger partial charge is 0.330 e. The molecule has 5 rings (SSSR count). The van der Waals surface area contributed by atoms with Crippen molar-refractivity contribution in [1.82, 2.24) is 9.80 Å². The quantitative estimate of drug-likeness (QED) is 0.455. The summed E-state index contributed by atoms with van der Waals surface area (Å²) < 4.78 is 0. The summed E-state index contributed by atoms with van der Waals surface area (Å²) in [5.74, 6) is -0.416. The normalized spacial score (nSPS) is 16.8. The molecule has 1 atom stereocenters. The average Bonchev–Trinajstić information content (AvgIpc) is 3.47. The summed E-state index contributed by atoms with van der Waals surface area (Å²) in [6, 6.07) is 21.1. The molecule has 8 heteroatoms. The summed E-state index contributed by atoms with van der Waals surface area (Å²) in [6.45, 7) is 1.72. The number of carbonyl (C=O) groups is 3. The monoisotopic (exact) mass is 542 g/mol. The standard InChI is InChI=1S/C31H31ClN4O3/c32-26-15-13-24(14-16-26)30(38)36-21-25-6-1-2-7-27(25)35(31(39)28(36)8-5-17-33)20-22-9-11-23(12-10-22)29(37)34-18-3-4-19-34/h1-3,6-7,9-16,18,28H,4-5,8,17,19-21,33H2. The van der Waals surface area contributed by atoms with Crippen molar-refractivity contribution in [3.05, 3.63) is 112 Å². The van der Waals surface area contributed by atoms with E-state index in [1.165, 1.54) is 0 Å². The van der Waals surface area contributed by atoms with Gasteiger partial charge in [0.25, 0.3) is 11.8 Å². The highest BCUT2D eigenvalue weighted by molar-refractivity contribution is 6.30. The molecular formula is C31H31ClN4O3. The van der Waals surface area contributed by atoms with E-state index in [0.717, 1.165) is 23.2 Å². The predicted molar refractivity (Wildman–Crippen MR) is 152 cm³/mol. The molecule has 2 heterocycles. The van der Waals surface area contributed by atoms with E-state index in [1.54, 1.807) is 51.1 Å². The molecule has 0 radical (unpaired) electrons. The second kappa shape index (κ2) is 11.8. The van der Waals surface area contributed by atoms with Gasteiger partial charge in [0.15, 0.2) is 0 Å². The lowest BCUT2D eigenvalue weighted by atomic mass is 10.1. The van der Waals surface area contributed by atoms with Crippen LogP contribution in [0.2, 0.25) is 5.02 Å². The number of anilines is 1. The molecule has 0 aliphatic carbocycles. The number of benzene rings is 3. The van der Waals surface area contributed by atoms with Crippen LogP contribution in [-0.4, -0.2) is 46.7 Å². The van der Waals surface area contributed by atoms with Gasteiger partial charge in [-0.3, -0.25) is 14.4 Å². The summed E-state index contributed by atoms with van der Waals surface area (Å²) >= 11 is 6.05. The van der Waals surface area contributed by atoms with Crippen molar-refractivity contribution in [2.24, 2.45) is 5.73 Å². The van der Waals surface area contributed by atoms with Crippen molar-refractivity contribution < 1.29 is 14.4 Å². The Bertz CT molecular complexity index is 1390. The maximum atomic E-state index is 14.2. The lowest BCUT2D eigenvalue weighted by Crippen LogP contribution is -2.48. The van der Waals surface area contributed by atoms with Gasteiger partial charge in [-0.05, 0) is 79.4 Å². The molecule has 0 spiro atoms. The molecule has 2 aliphatic heterocycles. The van der Waals surface area contributed by atoms with E-state index in [4.69, 9.17) is 17.3 Å². The van der Waals surface area contributed by atoms with E-state index in [9.17, 15) is 14.4 Å². The van der Waals surface area contributed by atoms with Crippen LogP contribution in [0.25, 0.3) is 0 Å². The zero-order chi connectivity index (χ0) is 27.4. The van der Waals surface area contributed by atoms with E-state index in [2.05, 4.69) is 0 Å². The Morgan fingerprint density at radius 1 is 0.923 bits per heavy atom. The molecule has 2 aliphatic rings.